The van der Waals surface area contributed by atoms with Gasteiger partial charge in [0.25, 0.3) is 0 Å². The van der Waals surface area contributed by atoms with Crippen molar-refractivity contribution >= 4 is 11.6 Å². The van der Waals surface area contributed by atoms with Crippen LogP contribution < -0.4 is 11.3 Å². The molecule has 2 nitrogen and oxygen atoms in total. The summed E-state index contributed by atoms with van der Waals surface area (Å²) in [5.74, 6) is 2.77. The molecule has 2 aromatic carbocycles. The summed E-state index contributed by atoms with van der Waals surface area (Å²) in [6, 6.07) is 5.92. The fraction of sp³-hybridized carbons (Fsp3) is 0.143. The van der Waals surface area contributed by atoms with Crippen LogP contribution in [0, 0.1) is 24.4 Å². The topological polar surface area (TPSA) is 38.0 Å². The van der Waals surface area contributed by atoms with Crippen LogP contribution in [0.5, 0.6) is 0 Å². The summed E-state index contributed by atoms with van der Waals surface area (Å²) in [5, 5.41) is -0.0555. The number of hydrogen-bond acceptors (Lipinski definition) is 2. The Morgan fingerprint density at radius 3 is 2.40 bits per heavy atom. The van der Waals surface area contributed by atoms with Gasteiger partial charge in [-0.15, -0.1) is 0 Å². The van der Waals surface area contributed by atoms with E-state index in [9.17, 15) is 13.2 Å². The first-order valence-electron chi connectivity index (χ1n) is 5.81. The van der Waals surface area contributed by atoms with Crippen molar-refractivity contribution in [3.05, 3.63) is 69.5 Å². The minimum atomic E-state index is -1.01. The summed E-state index contributed by atoms with van der Waals surface area (Å²) in [5.41, 5.74) is 2.88. The normalized spacial score (nSPS) is 12.5. The molecule has 0 fully saturated rings. The second kappa shape index (κ2) is 5.83. The van der Waals surface area contributed by atoms with Crippen LogP contribution in [0.3, 0.4) is 0 Å². The lowest BCUT2D eigenvalue weighted by Gasteiger charge is -2.18. The lowest BCUT2D eigenvalue weighted by Crippen LogP contribution is -2.30. The first-order chi connectivity index (χ1) is 9.45. The summed E-state index contributed by atoms with van der Waals surface area (Å²) >= 11 is 5.59. The van der Waals surface area contributed by atoms with Crippen molar-refractivity contribution in [1.82, 2.24) is 5.43 Å². The van der Waals surface area contributed by atoms with E-state index in [0.717, 1.165) is 6.07 Å². The van der Waals surface area contributed by atoms with E-state index in [4.69, 9.17) is 17.4 Å². The molecule has 0 bridgehead atoms. The van der Waals surface area contributed by atoms with E-state index >= 15 is 0 Å². The largest absolute Gasteiger partial charge is 0.271 e. The van der Waals surface area contributed by atoms with Crippen molar-refractivity contribution in [2.75, 3.05) is 0 Å². The molecule has 0 aliphatic carbocycles. The number of nitrogens with two attached hydrogens (primary N) is 1. The molecule has 20 heavy (non-hydrogen) atoms. The van der Waals surface area contributed by atoms with Crippen molar-refractivity contribution in [2.24, 2.45) is 5.84 Å². The highest BCUT2D eigenvalue weighted by molar-refractivity contribution is 6.30. The lowest BCUT2D eigenvalue weighted by molar-refractivity contribution is 0.478. The third-order valence-electron chi connectivity index (χ3n) is 3.06. The average molecular weight is 301 g/mol. The first-order valence-corrected chi connectivity index (χ1v) is 6.19. The molecule has 0 aromatic heterocycles. The lowest BCUT2D eigenvalue weighted by atomic mass is 9.97. The van der Waals surface area contributed by atoms with Gasteiger partial charge in [0.05, 0.1) is 11.1 Å². The van der Waals surface area contributed by atoms with Crippen LogP contribution in [0.1, 0.15) is 22.7 Å². The third kappa shape index (κ3) is 2.65. The minimum absolute atomic E-state index is 0.00248. The molecule has 0 heterocycles. The maximum absolute atomic E-state index is 14.0. The molecule has 1 unspecified atom stereocenters. The number of rotatable bonds is 3. The zero-order chi connectivity index (χ0) is 14.9. The number of benzene rings is 2. The van der Waals surface area contributed by atoms with Gasteiger partial charge in [-0.3, -0.25) is 5.84 Å². The molecule has 0 amide bonds. The Morgan fingerprint density at radius 1 is 1.10 bits per heavy atom. The van der Waals surface area contributed by atoms with E-state index in [0.29, 0.717) is 5.56 Å². The SMILES string of the molecule is Cc1ccc(C(NN)c2ccc(Cl)c(F)c2)c(F)c1F. The molecule has 0 aliphatic rings. The molecule has 0 aliphatic heterocycles. The fourth-order valence-electron chi connectivity index (χ4n) is 1.94. The van der Waals surface area contributed by atoms with E-state index in [-0.39, 0.29) is 16.1 Å². The van der Waals surface area contributed by atoms with Gasteiger partial charge >= 0.3 is 0 Å². The highest BCUT2D eigenvalue weighted by Gasteiger charge is 2.21. The molecule has 1 atom stereocenters. The van der Waals surface area contributed by atoms with Gasteiger partial charge in [-0.2, -0.15) is 0 Å². The van der Waals surface area contributed by atoms with E-state index in [2.05, 4.69) is 5.43 Å². The molecule has 2 rings (SSSR count). The smallest absolute Gasteiger partial charge is 0.164 e. The number of aryl methyl sites for hydroxylation is 1. The molecule has 0 saturated carbocycles. The highest BCUT2D eigenvalue weighted by atomic mass is 35.5. The molecule has 0 spiro atoms. The van der Waals surface area contributed by atoms with Crippen LogP contribution in [-0.2, 0) is 0 Å². The Kier molecular flexibility index (Phi) is 4.32. The molecule has 0 radical (unpaired) electrons. The van der Waals surface area contributed by atoms with E-state index in [1.165, 1.54) is 31.2 Å². The first kappa shape index (κ1) is 14.8. The fourth-order valence-corrected chi connectivity index (χ4v) is 2.06. The average Bonchev–Trinajstić information content (AvgIpc) is 2.43. The standard InChI is InChI=1S/C14H12ClF3N2/c1-7-2-4-9(13(18)12(7)17)14(20-19)8-3-5-10(15)11(16)6-8/h2-6,14,20H,19H2,1H3. The van der Waals surface area contributed by atoms with E-state index in [1.54, 1.807) is 0 Å². The van der Waals surface area contributed by atoms with Gasteiger partial charge in [0, 0.05) is 5.56 Å². The summed E-state index contributed by atoms with van der Waals surface area (Å²) in [6.07, 6.45) is 0. The maximum atomic E-state index is 14.0. The molecule has 6 heteroatoms. The van der Waals surface area contributed by atoms with Crippen LogP contribution >= 0.6 is 11.6 Å². The summed E-state index contributed by atoms with van der Waals surface area (Å²) in [4.78, 5) is 0. The van der Waals surface area contributed by atoms with Gasteiger partial charge in [-0.05, 0) is 30.2 Å². The van der Waals surface area contributed by atoms with Crippen molar-refractivity contribution < 1.29 is 13.2 Å². The summed E-state index contributed by atoms with van der Waals surface area (Å²) in [7, 11) is 0. The van der Waals surface area contributed by atoms with Gasteiger partial charge in [-0.1, -0.05) is 29.8 Å². The van der Waals surface area contributed by atoms with Gasteiger partial charge in [0.2, 0.25) is 0 Å². The zero-order valence-corrected chi connectivity index (χ0v) is 11.3. The Labute approximate surface area is 119 Å². The number of hydrogen-bond donors (Lipinski definition) is 2. The Morgan fingerprint density at radius 2 is 1.80 bits per heavy atom. The number of halogens is 4. The maximum Gasteiger partial charge on any atom is 0.164 e. The van der Waals surface area contributed by atoms with Crippen molar-refractivity contribution in [3.63, 3.8) is 0 Å². The molecule has 0 saturated heterocycles. The van der Waals surface area contributed by atoms with E-state index < -0.39 is 23.5 Å². The molecule has 3 N–H and O–H groups in total. The Bertz CT molecular complexity index is 647. The van der Waals surface area contributed by atoms with Crippen LogP contribution in [0.4, 0.5) is 13.2 Å². The predicted molar refractivity (Wildman–Crippen MR) is 71.7 cm³/mol. The van der Waals surface area contributed by atoms with Crippen LogP contribution in [0.15, 0.2) is 30.3 Å². The van der Waals surface area contributed by atoms with Gasteiger partial charge in [0.15, 0.2) is 11.6 Å². The number of nitrogens with one attached hydrogen (secondary N) is 1. The van der Waals surface area contributed by atoms with Crippen LogP contribution in [-0.4, -0.2) is 0 Å². The van der Waals surface area contributed by atoms with Gasteiger partial charge in [-0.25, -0.2) is 18.6 Å². The van der Waals surface area contributed by atoms with Crippen molar-refractivity contribution in [3.8, 4) is 0 Å². The van der Waals surface area contributed by atoms with Crippen molar-refractivity contribution in [2.45, 2.75) is 13.0 Å². The van der Waals surface area contributed by atoms with Gasteiger partial charge in [0.1, 0.15) is 5.82 Å². The molecular formula is C14H12ClF3N2. The van der Waals surface area contributed by atoms with E-state index in [1.807, 2.05) is 0 Å². The molecular weight excluding hydrogens is 289 g/mol. The summed E-state index contributed by atoms with van der Waals surface area (Å²) in [6.45, 7) is 1.45. The zero-order valence-electron chi connectivity index (χ0n) is 10.6. The van der Waals surface area contributed by atoms with Crippen molar-refractivity contribution in [1.29, 1.82) is 0 Å². The Hall–Kier alpha value is -1.56. The Balaban J connectivity index is 2.52. The predicted octanol–water partition coefficient (Wildman–Crippen LogP) is 3.62. The van der Waals surface area contributed by atoms with Gasteiger partial charge < -0.3 is 0 Å². The third-order valence-corrected chi connectivity index (χ3v) is 3.37. The molecule has 106 valence electrons. The minimum Gasteiger partial charge on any atom is -0.271 e. The monoisotopic (exact) mass is 300 g/mol. The number of hydrazine groups is 1. The second-order valence-electron chi connectivity index (χ2n) is 4.37. The van der Waals surface area contributed by atoms with Crippen LogP contribution in [0.2, 0.25) is 5.02 Å². The molecule has 2 aromatic rings. The second-order valence-corrected chi connectivity index (χ2v) is 4.78. The quantitative estimate of drug-likeness (QED) is 0.671. The van der Waals surface area contributed by atoms with Crippen LogP contribution in [0.25, 0.3) is 0 Å². The summed E-state index contributed by atoms with van der Waals surface area (Å²) < 4.78 is 41.1. The highest BCUT2D eigenvalue weighted by Crippen LogP contribution is 2.28.